The second-order valence-electron chi connectivity index (χ2n) is 1.47. The Morgan fingerprint density at radius 2 is 0.818 bits per heavy atom. The Morgan fingerprint density at radius 3 is 0.818 bits per heavy atom. The van der Waals surface area contributed by atoms with E-state index in [0.29, 0.717) is 12.5 Å². The summed E-state index contributed by atoms with van der Waals surface area (Å²) < 4.78 is 51.7. The van der Waals surface area contributed by atoms with E-state index in [9.17, 15) is 16.8 Å². The third-order valence-corrected chi connectivity index (χ3v) is 0. The van der Waals surface area contributed by atoms with Gasteiger partial charge in [0.2, 0.25) is 0 Å². The van der Waals surface area contributed by atoms with Crippen molar-refractivity contribution in [2.45, 2.75) is 0 Å². The van der Waals surface area contributed by atoms with E-state index in [2.05, 4.69) is 0 Å². The van der Waals surface area contributed by atoms with Crippen molar-refractivity contribution in [2.75, 3.05) is 12.5 Å². The van der Waals surface area contributed by atoms with Crippen LogP contribution in [0.2, 0.25) is 0 Å². The maximum absolute atomic E-state index is 9.19. The van der Waals surface area contributed by atoms with Crippen molar-refractivity contribution in [3.8, 4) is 0 Å². The predicted molar refractivity (Wildman–Crippen MR) is 40.7 cm³/mol. The van der Waals surface area contributed by atoms with E-state index in [-0.39, 0.29) is 27.3 Å². The molecule has 0 heterocycles. The fourth-order valence-corrected chi connectivity index (χ4v) is 0. The van der Waals surface area contributed by atoms with Gasteiger partial charge in [-0.25, -0.2) is 0 Å². The molecule has 0 aromatic carbocycles. The van der Waals surface area contributed by atoms with Crippen molar-refractivity contribution in [1.29, 1.82) is 0 Å². The predicted octanol–water partition coefficient (Wildman–Crippen LogP) is -1.37. The maximum Gasteiger partial charge on any atom is 0.261 e. The molecule has 0 aliphatic rings. The molecule has 9 heteroatoms. The van der Waals surface area contributed by atoms with Crippen molar-refractivity contribution in [2.24, 2.45) is 0 Å². The van der Waals surface area contributed by atoms with Gasteiger partial charge in [0.25, 0.3) is 20.2 Å². The van der Waals surface area contributed by atoms with Crippen LogP contribution in [0.1, 0.15) is 0 Å². The van der Waals surface area contributed by atoms with E-state index >= 15 is 0 Å². The van der Waals surface area contributed by atoms with E-state index in [4.69, 9.17) is 9.11 Å². The topological polar surface area (TPSA) is 109 Å². The van der Waals surface area contributed by atoms with Gasteiger partial charge in [-0.05, 0) is 0 Å². The van der Waals surface area contributed by atoms with Crippen LogP contribution < -0.4 is 0 Å². The fraction of sp³-hybridized carbons (Fsp3) is 1.00. The normalized spacial score (nSPS) is 10.5. The average molecular weight is 399 g/mol. The first kappa shape index (κ1) is 17.7. The second-order valence-corrected chi connectivity index (χ2v) is 4.40. The molecule has 0 aliphatic carbocycles. The molecule has 0 bridgehead atoms. The summed E-state index contributed by atoms with van der Waals surface area (Å²) in [5.74, 6) is 0. The molecule has 0 aromatic rings. The average Bonchev–Trinajstić information content (AvgIpc) is 1.12. The molecule has 0 spiro atoms. The third-order valence-electron chi connectivity index (χ3n) is 0. The van der Waals surface area contributed by atoms with Crippen LogP contribution in [0.25, 0.3) is 0 Å². The molecule has 68 valence electrons. The minimum absolute atomic E-state index is 0. The van der Waals surface area contributed by atoms with Gasteiger partial charge in [0, 0.05) is 27.3 Å². The Bertz CT molecular complexity index is 215. The van der Waals surface area contributed by atoms with Crippen molar-refractivity contribution in [3.63, 3.8) is 0 Å². The van der Waals surface area contributed by atoms with Crippen LogP contribution in [0.5, 0.6) is 0 Å². The molecule has 0 amide bonds. The van der Waals surface area contributed by atoms with Crippen LogP contribution in [0.15, 0.2) is 0 Å². The summed E-state index contributed by atoms with van der Waals surface area (Å²) in [6, 6.07) is 0. The van der Waals surface area contributed by atoms with Gasteiger partial charge in [0.15, 0.2) is 0 Å². The smallest absolute Gasteiger partial charge is 0.261 e. The zero-order valence-corrected chi connectivity index (χ0v) is 11.4. The number of rotatable bonds is 0. The van der Waals surface area contributed by atoms with E-state index < -0.39 is 20.2 Å². The first-order valence-electron chi connectivity index (χ1n) is 1.85. The van der Waals surface area contributed by atoms with Crippen LogP contribution in [0.3, 0.4) is 0 Å². The van der Waals surface area contributed by atoms with Gasteiger partial charge >= 0.3 is 0 Å². The third kappa shape index (κ3) is 1490. The molecule has 0 aliphatic heterocycles. The summed E-state index contributed by atoms with van der Waals surface area (Å²) in [7, 11) is -7.33. The maximum atomic E-state index is 9.19. The molecular weight excluding hydrogens is 391 g/mol. The molecule has 2 N–H and O–H groups in total. The molecule has 0 atom stereocenters. The van der Waals surface area contributed by atoms with Crippen molar-refractivity contribution in [3.05, 3.63) is 0 Å². The van der Waals surface area contributed by atoms with Crippen LogP contribution in [0.4, 0.5) is 0 Å². The van der Waals surface area contributed by atoms with Gasteiger partial charge in [0.1, 0.15) is 0 Å². The zero-order valence-electron chi connectivity index (χ0n) is 5.84. The van der Waals surface area contributed by atoms with Gasteiger partial charge in [-0.2, -0.15) is 16.8 Å². The summed E-state index contributed by atoms with van der Waals surface area (Å²) in [5.41, 5.74) is 0. The van der Waals surface area contributed by atoms with Crippen molar-refractivity contribution in [1.82, 2.24) is 0 Å². The van der Waals surface area contributed by atoms with Crippen molar-refractivity contribution >= 4 is 47.5 Å². The number of hydrogen-bond acceptors (Lipinski definition) is 4. The van der Waals surface area contributed by atoms with Crippen LogP contribution in [-0.4, -0.2) is 65.8 Å². The summed E-state index contributed by atoms with van der Waals surface area (Å²) in [5, 5.41) is 0. The molecule has 0 unspecified atom stereocenters. The molecule has 11 heavy (non-hydrogen) atoms. The second kappa shape index (κ2) is 6.28. The Kier molecular flexibility index (Phi) is 10.1. The van der Waals surface area contributed by atoms with E-state index in [0.717, 1.165) is 0 Å². The first-order valence-corrected chi connectivity index (χ1v) is 5.54. The van der Waals surface area contributed by atoms with Gasteiger partial charge in [-0.15, -0.1) is 0 Å². The van der Waals surface area contributed by atoms with Gasteiger partial charge < -0.3 is 0 Å². The van der Waals surface area contributed by atoms with Gasteiger partial charge in [-0.1, -0.05) is 0 Å². The van der Waals surface area contributed by atoms with Gasteiger partial charge in [-0.3, -0.25) is 9.11 Å². The Balaban J connectivity index is -0.000000107. The van der Waals surface area contributed by atoms with Crippen LogP contribution >= 0.6 is 0 Å². The minimum atomic E-state index is -3.67. The minimum Gasteiger partial charge on any atom is -0.286 e. The number of hydrogen-bond donors (Lipinski definition) is 2. The van der Waals surface area contributed by atoms with E-state index in [1.165, 1.54) is 0 Å². The standard InChI is InChI=1S/2CH4O3S.Pb/c2*1-5(2,3)4;/h2*1H3,(H,2,3,4);. The monoisotopic (exact) mass is 400 g/mol. The van der Waals surface area contributed by atoms with Crippen molar-refractivity contribution < 1.29 is 25.9 Å². The summed E-state index contributed by atoms with van der Waals surface area (Å²) in [6.45, 7) is 0. The van der Waals surface area contributed by atoms with Gasteiger partial charge in [0.05, 0.1) is 12.5 Å². The largest absolute Gasteiger partial charge is 0.286 e. The molecule has 0 saturated heterocycles. The quantitative estimate of drug-likeness (QED) is 0.384. The molecule has 4 radical (unpaired) electrons. The zero-order chi connectivity index (χ0) is 9.00. The molecule has 0 fully saturated rings. The van der Waals surface area contributed by atoms with E-state index in [1.54, 1.807) is 0 Å². The Hall–Kier alpha value is 0.742. The molecule has 6 nitrogen and oxygen atoms in total. The summed E-state index contributed by atoms with van der Waals surface area (Å²) in [4.78, 5) is 0. The molecule has 0 rings (SSSR count). The molecule has 0 saturated carbocycles. The molecule has 0 aromatic heterocycles. The molecular formula is C2H8O6PbS2. The SMILES string of the molecule is CS(=O)(=O)O.CS(=O)(=O)O.[Pb]. The van der Waals surface area contributed by atoms with E-state index in [1.807, 2.05) is 0 Å². The fourth-order valence-electron chi connectivity index (χ4n) is 0. The van der Waals surface area contributed by atoms with Crippen LogP contribution in [0, 0.1) is 0 Å². The Labute approximate surface area is 85.6 Å². The Morgan fingerprint density at radius 1 is 0.818 bits per heavy atom. The van der Waals surface area contributed by atoms with Crippen LogP contribution in [-0.2, 0) is 20.2 Å². The first-order chi connectivity index (χ1) is 4.00. The summed E-state index contributed by atoms with van der Waals surface area (Å²) >= 11 is 0. The summed E-state index contributed by atoms with van der Waals surface area (Å²) in [6.07, 6.45) is 1.43.